The molecule has 0 radical (unpaired) electrons. The van der Waals surface area contributed by atoms with Crippen molar-refractivity contribution >= 4 is 5.97 Å². The molecule has 0 aromatic rings. The van der Waals surface area contributed by atoms with Crippen LogP contribution in [0.1, 0.15) is 45.4 Å². The Morgan fingerprint density at radius 3 is 2.59 bits per heavy atom. The minimum Gasteiger partial charge on any atom is -0.480 e. The first kappa shape index (κ1) is 12.6. The van der Waals surface area contributed by atoms with E-state index in [4.69, 9.17) is 0 Å². The number of nitrogens with zero attached hydrogens (tertiary/aromatic N) is 1. The third-order valence-electron chi connectivity index (χ3n) is 4.51. The van der Waals surface area contributed by atoms with Crippen molar-refractivity contribution in [2.75, 3.05) is 13.1 Å². The topological polar surface area (TPSA) is 40.5 Å². The van der Waals surface area contributed by atoms with Crippen LogP contribution in [-0.4, -0.2) is 34.6 Å². The van der Waals surface area contributed by atoms with Crippen molar-refractivity contribution in [2.45, 2.75) is 51.0 Å². The van der Waals surface area contributed by atoms with Crippen LogP contribution in [0.4, 0.5) is 0 Å². The van der Waals surface area contributed by atoms with Gasteiger partial charge in [0.05, 0.1) is 0 Å². The van der Waals surface area contributed by atoms with Gasteiger partial charge < -0.3 is 5.11 Å². The number of carboxylic acids is 1. The van der Waals surface area contributed by atoms with Crippen molar-refractivity contribution in [3.05, 3.63) is 12.2 Å². The highest BCUT2D eigenvalue weighted by molar-refractivity contribution is 5.79. The zero-order valence-electron chi connectivity index (χ0n) is 10.7. The van der Waals surface area contributed by atoms with Gasteiger partial charge in [-0.1, -0.05) is 19.1 Å². The molecule has 1 atom stereocenters. The summed E-state index contributed by atoms with van der Waals surface area (Å²) >= 11 is 0. The molecule has 2 aliphatic rings. The standard InChI is InChI=1S/C14H23NO2/c1-2-15-11-7-10-14(15,13(16)17)12-8-5-3-4-6-9-12/h3-4,12H,2,5-11H2,1H3,(H,16,17). The Kier molecular flexibility index (Phi) is 3.87. The fourth-order valence-corrected chi connectivity index (χ4v) is 3.67. The monoisotopic (exact) mass is 237 g/mol. The second kappa shape index (κ2) is 5.21. The van der Waals surface area contributed by atoms with Gasteiger partial charge in [0.15, 0.2) is 0 Å². The van der Waals surface area contributed by atoms with Crippen molar-refractivity contribution in [2.24, 2.45) is 5.92 Å². The minimum atomic E-state index is -0.594. The second-order valence-electron chi connectivity index (χ2n) is 5.24. The van der Waals surface area contributed by atoms with Crippen molar-refractivity contribution in [1.82, 2.24) is 4.90 Å². The first-order valence-electron chi connectivity index (χ1n) is 6.85. The second-order valence-corrected chi connectivity index (χ2v) is 5.24. The Hall–Kier alpha value is -0.830. The molecule has 0 aromatic heterocycles. The summed E-state index contributed by atoms with van der Waals surface area (Å²) in [5.74, 6) is -0.277. The molecule has 2 rings (SSSR count). The summed E-state index contributed by atoms with van der Waals surface area (Å²) in [6.07, 6.45) is 10.4. The van der Waals surface area contributed by atoms with E-state index in [1.807, 2.05) is 0 Å². The van der Waals surface area contributed by atoms with Gasteiger partial charge in [-0.05, 0) is 57.5 Å². The van der Waals surface area contributed by atoms with Crippen LogP contribution in [0.3, 0.4) is 0 Å². The zero-order valence-corrected chi connectivity index (χ0v) is 10.7. The van der Waals surface area contributed by atoms with Crippen LogP contribution in [0.5, 0.6) is 0 Å². The van der Waals surface area contributed by atoms with E-state index in [2.05, 4.69) is 24.0 Å². The van der Waals surface area contributed by atoms with E-state index in [9.17, 15) is 9.90 Å². The third-order valence-corrected chi connectivity index (χ3v) is 4.51. The highest BCUT2D eigenvalue weighted by atomic mass is 16.4. The first-order valence-corrected chi connectivity index (χ1v) is 6.85. The summed E-state index contributed by atoms with van der Waals surface area (Å²) in [5, 5.41) is 9.75. The summed E-state index contributed by atoms with van der Waals surface area (Å²) in [4.78, 5) is 14.0. The van der Waals surface area contributed by atoms with Gasteiger partial charge in [0.2, 0.25) is 0 Å². The Labute approximate surface area is 103 Å². The van der Waals surface area contributed by atoms with Crippen LogP contribution in [0.25, 0.3) is 0 Å². The van der Waals surface area contributed by atoms with Gasteiger partial charge in [0, 0.05) is 0 Å². The van der Waals surface area contributed by atoms with Crippen molar-refractivity contribution in [1.29, 1.82) is 0 Å². The molecule has 1 saturated heterocycles. The Bertz CT molecular complexity index is 303. The van der Waals surface area contributed by atoms with Gasteiger partial charge in [-0.3, -0.25) is 9.69 Å². The summed E-state index contributed by atoms with van der Waals surface area (Å²) in [5.41, 5.74) is -0.569. The Morgan fingerprint density at radius 2 is 2.06 bits per heavy atom. The predicted octanol–water partition coefficient (Wildman–Crippen LogP) is 2.67. The fraction of sp³-hybridized carbons (Fsp3) is 0.786. The molecule has 0 spiro atoms. The lowest BCUT2D eigenvalue weighted by Gasteiger charge is -2.40. The number of rotatable bonds is 3. The molecule has 1 aliphatic carbocycles. The number of hydrogen-bond donors (Lipinski definition) is 1. The summed E-state index contributed by atoms with van der Waals surface area (Å²) in [7, 11) is 0. The molecule has 1 fully saturated rings. The van der Waals surface area contributed by atoms with Crippen LogP contribution < -0.4 is 0 Å². The lowest BCUT2D eigenvalue weighted by molar-refractivity contribution is -0.154. The van der Waals surface area contributed by atoms with Crippen LogP contribution in [0.2, 0.25) is 0 Å². The van der Waals surface area contributed by atoms with Gasteiger partial charge >= 0.3 is 5.97 Å². The molecule has 1 unspecified atom stereocenters. The van der Waals surface area contributed by atoms with Gasteiger partial charge in [-0.2, -0.15) is 0 Å². The Balaban J connectivity index is 2.24. The predicted molar refractivity (Wildman–Crippen MR) is 67.9 cm³/mol. The number of likely N-dealkylation sites (tertiary alicyclic amines) is 1. The molecule has 1 heterocycles. The van der Waals surface area contributed by atoms with Crippen molar-refractivity contribution in [3.63, 3.8) is 0 Å². The minimum absolute atomic E-state index is 0.317. The molecule has 1 aliphatic heterocycles. The fourth-order valence-electron chi connectivity index (χ4n) is 3.67. The number of allylic oxidation sites excluding steroid dienone is 2. The normalized spacial score (nSPS) is 31.6. The number of aliphatic carboxylic acids is 1. The molecule has 0 bridgehead atoms. The van der Waals surface area contributed by atoms with Crippen molar-refractivity contribution in [3.8, 4) is 0 Å². The summed E-state index contributed by atoms with van der Waals surface area (Å²) < 4.78 is 0. The van der Waals surface area contributed by atoms with Crippen LogP contribution in [-0.2, 0) is 4.79 Å². The van der Waals surface area contributed by atoms with Crippen LogP contribution >= 0.6 is 0 Å². The number of likely N-dealkylation sites (N-methyl/N-ethyl adjacent to an activating group) is 1. The lowest BCUT2D eigenvalue weighted by atomic mass is 9.77. The van der Waals surface area contributed by atoms with E-state index in [0.29, 0.717) is 5.92 Å². The summed E-state index contributed by atoms with van der Waals surface area (Å²) in [6.45, 7) is 3.89. The number of carbonyl (C=O) groups is 1. The molecule has 17 heavy (non-hydrogen) atoms. The van der Waals surface area contributed by atoms with E-state index < -0.39 is 11.5 Å². The summed E-state index contributed by atoms with van der Waals surface area (Å²) in [6, 6.07) is 0. The van der Waals surface area contributed by atoms with E-state index in [-0.39, 0.29) is 0 Å². The molecular weight excluding hydrogens is 214 g/mol. The molecule has 0 amide bonds. The van der Waals surface area contributed by atoms with Crippen LogP contribution in [0.15, 0.2) is 12.2 Å². The van der Waals surface area contributed by atoms with E-state index in [1.165, 1.54) is 0 Å². The molecular formula is C14H23NO2. The van der Waals surface area contributed by atoms with Crippen LogP contribution in [0, 0.1) is 5.92 Å². The SMILES string of the molecule is CCN1CCCC1(C(=O)O)C1CCC=CCC1. The molecule has 0 saturated carbocycles. The van der Waals surface area contributed by atoms with Gasteiger partial charge in [0.25, 0.3) is 0 Å². The largest absolute Gasteiger partial charge is 0.480 e. The highest BCUT2D eigenvalue weighted by Crippen LogP contribution is 2.41. The average molecular weight is 237 g/mol. The maximum Gasteiger partial charge on any atom is 0.324 e. The average Bonchev–Trinajstić information content (AvgIpc) is 2.57. The van der Waals surface area contributed by atoms with Crippen molar-refractivity contribution < 1.29 is 9.90 Å². The molecule has 3 heteroatoms. The van der Waals surface area contributed by atoms with Gasteiger partial charge in [0.1, 0.15) is 5.54 Å². The van der Waals surface area contributed by atoms with E-state index >= 15 is 0 Å². The first-order chi connectivity index (χ1) is 8.21. The molecule has 1 N–H and O–H groups in total. The number of carboxylic acid groups (broad SMARTS) is 1. The molecule has 3 nitrogen and oxygen atoms in total. The third kappa shape index (κ3) is 2.13. The maximum absolute atomic E-state index is 11.8. The molecule has 96 valence electrons. The highest BCUT2D eigenvalue weighted by Gasteiger charge is 2.51. The lowest BCUT2D eigenvalue weighted by Crippen LogP contribution is -2.55. The Morgan fingerprint density at radius 1 is 1.41 bits per heavy atom. The molecule has 0 aromatic carbocycles. The van der Waals surface area contributed by atoms with E-state index in [1.54, 1.807) is 0 Å². The smallest absolute Gasteiger partial charge is 0.324 e. The van der Waals surface area contributed by atoms with Gasteiger partial charge in [-0.15, -0.1) is 0 Å². The zero-order chi connectivity index (χ0) is 12.3. The number of hydrogen-bond acceptors (Lipinski definition) is 2. The quantitative estimate of drug-likeness (QED) is 0.767. The van der Waals surface area contributed by atoms with Gasteiger partial charge in [-0.25, -0.2) is 0 Å². The van der Waals surface area contributed by atoms with E-state index in [0.717, 1.165) is 51.6 Å². The maximum atomic E-state index is 11.8.